The Hall–Kier alpha value is -0.966. The van der Waals surface area contributed by atoms with Gasteiger partial charge in [0.05, 0.1) is 0 Å². The van der Waals surface area contributed by atoms with Crippen LogP contribution < -0.4 is 0 Å². The van der Waals surface area contributed by atoms with E-state index in [9.17, 15) is 9.59 Å². The standard InChI is InChI=1S/C16H32O6Si2/c1-19-11-7-13-23(3,4)21-15(17)9-10-16(18)22-24(5,6)14-8-12-20-2/h9-10H,7-8,11-14H2,1-6H3. The van der Waals surface area contributed by atoms with Crippen molar-refractivity contribution in [3.63, 3.8) is 0 Å². The van der Waals surface area contributed by atoms with Crippen LogP contribution in [0.5, 0.6) is 0 Å². The summed E-state index contributed by atoms with van der Waals surface area (Å²) in [7, 11) is -0.869. The Morgan fingerprint density at radius 3 is 1.38 bits per heavy atom. The van der Waals surface area contributed by atoms with Crippen molar-refractivity contribution in [2.45, 2.75) is 51.1 Å². The van der Waals surface area contributed by atoms with Crippen LogP contribution in [0.15, 0.2) is 12.2 Å². The summed E-state index contributed by atoms with van der Waals surface area (Å²) >= 11 is 0. The van der Waals surface area contributed by atoms with Gasteiger partial charge in [-0.15, -0.1) is 0 Å². The van der Waals surface area contributed by atoms with Gasteiger partial charge in [0.1, 0.15) is 0 Å². The molecule has 0 aliphatic heterocycles. The summed E-state index contributed by atoms with van der Waals surface area (Å²) in [6.45, 7) is 9.19. The minimum absolute atomic E-state index is 0.486. The molecule has 0 aromatic heterocycles. The molecule has 0 unspecified atom stereocenters. The van der Waals surface area contributed by atoms with Gasteiger partial charge in [-0.05, 0) is 51.1 Å². The molecule has 6 nitrogen and oxygen atoms in total. The molecule has 0 N–H and O–H groups in total. The molecule has 0 amide bonds. The van der Waals surface area contributed by atoms with Crippen LogP contribution in [-0.2, 0) is 27.9 Å². The molecule has 140 valence electrons. The topological polar surface area (TPSA) is 71.1 Å². The molecular formula is C16H32O6Si2. The van der Waals surface area contributed by atoms with Crippen LogP contribution in [-0.4, -0.2) is 56.0 Å². The second-order valence-corrected chi connectivity index (χ2v) is 15.3. The first kappa shape index (κ1) is 23.0. The maximum Gasteiger partial charge on any atom is 0.317 e. The summed E-state index contributed by atoms with van der Waals surface area (Å²) in [5.74, 6) is -0.972. The van der Waals surface area contributed by atoms with Crippen LogP contribution in [0.2, 0.25) is 38.3 Å². The molecule has 0 aliphatic carbocycles. The third kappa shape index (κ3) is 12.5. The zero-order valence-corrected chi connectivity index (χ0v) is 17.8. The van der Waals surface area contributed by atoms with Crippen molar-refractivity contribution in [3.8, 4) is 0 Å². The number of hydrogen-bond acceptors (Lipinski definition) is 6. The third-order valence-corrected chi connectivity index (χ3v) is 7.99. The highest BCUT2D eigenvalue weighted by Crippen LogP contribution is 2.15. The van der Waals surface area contributed by atoms with Crippen molar-refractivity contribution in [2.24, 2.45) is 0 Å². The SMILES string of the molecule is COCCC[Si](C)(C)OC(=O)C=CC(=O)O[Si](C)(C)CCCOC. The zero-order valence-electron chi connectivity index (χ0n) is 15.8. The van der Waals surface area contributed by atoms with E-state index in [1.165, 1.54) is 0 Å². The molecule has 0 atom stereocenters. The highest BCUT2D eigenvalue weighted by Gasteiger charge is 2.27. The Balaban J connectivity index is 4.30. The molecule has 0 bridgehead atoms. The normalized spacial score (nSPS) is 12.4. The van der Waals surface area contributed by atoms with E-state index in [1.54, 1.807) is 14.2 Å². The second kappa shape index (κ2) is 11.6. The smallest absolute Gasteiger partial charge is 0.317 e. The fourth-order valence-corrected chi connectivity index (χ4v) is 5.56. The molecule has 0 heterocycles. The van der Waals surface area contributed by atoms with E-state index in [0.29, 0.717) is 13.2 Å². The second-order valence-electron chi connectivity index (χ2n) is 6.89. The zero-order chi connectivity index (χ0) is 18.6. The monoisotopic (exact) mass is 376 g/mol. The highest BCUT2D eigenvalue weighted by atomic mass is 28.4. The Kier molecular flexibility index (Phi) is 11.1. The number of rotatable bonds is 12. The maximum absolute atomic E-state index is 11.9. The summed E-state index contributed by atoms with van der Waals surface area (Å²) in [4.78, 5) is 23.7. The van der Waals surface area contributed by atoms with Gasteiger partial charge in [-0.3, -0.25) is 0 Å². The molecule has 0 fully saturated rings. The van der Waals surface area contributed by atoms with E-state index < -0.39 is 28.6 Å². The van der Waals surface area contributed by atoms with Crippen LogP contribution >= 0.6 is 0 Å². The lowest BCUT2D eigenvalue weighted by Crippen LogP contribution is -2.34. The van der Waals surface area contributed by atoms with E-state index in [4.69, 9.17) is 18.3 Å². The fourth-order valence-electron chi connectivity index (χ4n) is 2.14. The van der Waals surface area contributed by atoms with E-state index in [2.05, 4.69) is 0 Å². The Morgan fingerprint density at radius 1 is 0.750 bits per heavy atom. The largest absolute Gasteiger partial charge is 0.517 e. The van der Waals surface area contributed by atoms with Crippen LogP contribution in [0.1, 0.15) is 12.8 Å². The van der Waals surface area contributed by atoms with Crippen LogP contribution in [0.25, 0.3) is 0 Å². The van der Waals surface area contributed by atoms with Crippen molar-refractivity contribution in [1.29, 1.82) is 0 Å². The molecule has 0 saturated carbocycles. The molecule has 0 radical (unpaired) electrons. The first-order valence-electron chi connectivity index (χ1n) is 8.24. The number of ether oxygens (including phenoxy) is 2. The van der Waals surface area contributed by atoms with Gasteiger partial charge in [-0.2, -0.15) is 0 Å². The van der Waals surface area contributed by atoms with Crippen LogP contribution in [0.4, 0.5) is 0 Å². The predicted octanol–water partition coefficient (Wildman–Crippen LogP) is 3.11. The van der Waals surface area contributed by atoms with E-state index in [-0.39, 0.29) is 0 Å². The quantitative estimate of drug-likeness (QED) is 0.296. The van der Waals surface area contributed by atoms with Crippen molar-refractivity contribution in [1.82, 2.24) is 0 Å². The lowest BCUT2D eigenvalue weighted by atomic mass is 10.5. The van der Waals surface area contributed by atoms with Gasteiger partial charge in [0.15, 0.2) is 0 Å². The maximum atomic E-state index is 11.9. The predicted molar refractivity (Wildman–Crippen MR) is 98.9 cm³/mol. The summed E-state index contributed by atoms with van der Waals surface area (Å²) in [6.07, 6.45) is 4.03. The lowest BCUT2D eigenvalue weighted by molar-refractivity contribution is -0.132. The Labute approximate surface area is 147 Å². The van der Waals surface area contributed by atoms with Crippen molar-refractivity contribution in [3.05, 3.63) is 12.2 Å². The minimum Gasteiger partial charge on any atom is -0.517 e. The Morgan fingerprint density at radius 2 is 1.08 bits per heavy atom. The van der Waals surface area contributed by atoms with Gasteiger partial charge in [0, 0.05) is 39.6 Å². The molecule has 0 aliphatic rings. The van der Waals surface area contributed by atoms with Crippen molar-refractivity contribution >= 4 is 28.6 Å². The first-order valence-corrected chi connectivity index (χ1v) is 14.5. The average Bonchev–Trinajstić information content (AvgIpc) is 2.44. The fraction of sp³-hybridized carbons (Fsp3) is 0.750. The minimum atomic E-state index is -2.08. The van der Waals surface area contributed by atoms with Crippen LogP contribution in [0.3, 0.4) is 0 Å². The van der Waals surface area contributed by atoms with Gasteiger partial charge >= 0.3 is 11.9 Å². The van der Waals surface area contributed by atoms with Gasteiger partial charge in [-0.1, -0.05) is 0 Å². The molecule has 0 aromatic carbocycles. The third-order valence-electron chi connectivity index (χ3n) is 3.36. The van der Waals surface area contributed by atoms with Gasteiger partial charge in [-0.25, -0.2) is 9.59 Å². The van der Waals surface area contributed by atoms with Gasteiger partial charge in [0.25, 0.3) is 0 Å². The molecule has 0 aromatic rings. The summed E-state index contributed by atoms with van der Waals surface area (Å²) < 4.78 is 21.0. The van der Waals surface area contributed by atoms with E-state index >= 15 is 0 Å². The van der Waals surface area contributed by atoms with E-state index in [1.807, 2.05) is 26.2 Å². The summed E-state index contributed by atoms with van der Waals surface area (Å²) in [5, 5.41) is 0. The highest BCUT2D eigenvalue weighted by molar-refractivity contribution is 6.73. The number of carbonyl (C=O) groups is 2. The summed E-state index contributed by atoms with van der Waals surface area (Å²) in [6, 6.07) is 1.65. The average molecular weight is 377 g/mol. The molecule has 0 spiro atoms. The Bertz CT molecular complexity index is 383. The molecular weight excluding hydrogens is 344 g/mol. The van der Waals surface area contributed by atoms with Gasteiger partial charge < -0.3 is 18.3 Å². The number of carbonyl (C=O) groups excluding carboxylic acids is 2. The van der Waals surface area contributed by atoms with Crippen molar-refractivity contribution in [2.75, 3.05) is 27.4 Å². The molecule has 24 heavy (non-hydrogen) atoms. The lowest BCUT2D eigenvalue weighted by Gasteiger charge is -2.22. The van der Waals surface area contributed by atoms with Gasteiger partial charge in [0.2, 0.25) is 16.6 Å². The van der Waals surface area contributed by atoms with Crippen LogP contribution in [0, 0.1) is 0 Å². The van der Waals surface area contributed by atoms with Crippen molar-refractivity contribution < 1.29 is 27.9 Å². The number of methoxy groups -OCH3 is 2. The number of hydrogen-bond donors (Lipinski definition) is 0. The first-order chi connectivity index (χ1) is 11.1. The molecule has 0 saturated heterocycles. The summed E-state index contributed by atoms with van der Waals surface area (Å²) in [5.41, 5.74) is 0. The van der Waals surface area contributed by atoms with E-state index in [0.717, 1.165) is 37.1 Å². The molecule has 0 rings (SSSR count). The molecule has 8 heteroatoms.